The third kappa shape index (κ3) is 3.85. The average Bonchev–Trinajstić information content (AvgIpc) is 3.15. The smallest absolute Gasteiger partial charge is 0.338 e. The summed E-state index contributed by atoms with van der Waals surface area (Å²) < 4.78 is 37.1. The van der Waals surface area contributed by atoms with E-state index in [9.17, 15) is 13.2 Å². The largest absolute Gasteiger partial charge is 0.465 e. The Morgan fingerprint density at radius 3 is 2.86 bits per heavy atom. The second-order valence-corrected chi connectivity index (χ2v) is 8.12. The van der Waals surface area contributed by atoms with Crippen molar-refractivity contribution in [1.82, 2.24) is 10.0 Å². The summed E-state index contributed by atoms with van der Waals surface area (Å²) in [4.78, 5) is 11.4. The van der Waals surface area contributed by atoms with Gasteiger partial charge in [0, 0.05) is 19.0 Å². The number of sulfonamides is 1. The van der Waals surface area contributed by atoms with E-state index in [1.807, 2.05) is 0 Å². The fourth-order valence-electron chi connectivity index (χ4n) is 2.46. The molecule has 1 aliphatic rings. The van der Waals surface area contributed by atoms with Crippen molar-refractivity contribution < 1.29 is 22.7 Å². The highest BCUT2D eigenvalue weighted by Gasteiger charge is 2.35. The summed E-state index contributed by atoms with van der Waals surface area (Å²) in [7, 11) is -0.808. The number of hydrogen-bond acceptors (Lipinski definition) is 7. The van der Waals surface area contributed by atoms with Crippen molar-refractivity contribution >= 4 is 27.3 Å². The van der Waals surface area contributed by atoms with E-state index < -0.39 is 16.0 Å². The minimum absolute atomic E-state index is 0.0958. The second-order valence-electron chi connectivity index (χ2n) is 5.21. The Kier molecular flexibility index (Phi) is 5.56. The van der Waals surface area contributed by atoms with E-state index in [0.717, 1.165) is 30.7 Å². The van der Waals surface area contributed by atoms with Crippen LogP contribution < -0.4 is 10.0 Å². The monoisotopic (exact) mass is 348 g/mol. The molecule has 7 nitrogen and oxygen atoms in total. The molecular weight excluding hydrogens is 328 g/mol. The highest BCUT2D eigenvalue weighted by Crippen LogP contribution is 2.23. The fraction of sp³-hybridized carbons (Fsp3) is 0.615. The van der Waals surface area contributed by atoms with Gasteiger partial charge in [-0.05, 0) is 25.5 Å². The first-order valence-electron chi connectivity index (χ1n) is 6.83. The van der Waals surface area contributed by atoms with E-state index in [1.165, 1.54) is 18.6 Å². The van der Waals surface area contributed by atoms with E-state index in [2.05, 4.69) is 14.8 Å². The van der Waals surface area contributed by atoms with Crippen molar-refractivity contribution in [2.45, 2.75) is 22.6 Å². The van der Waals surface area contributed by atoms with Crippen LogP contribution in [0, 0.1) is 0 Å². The van der Waals surface area contributed by atoms with E-state index >= 15 is 0 Å². The summed E-state index contributed by atoms with van der Waals surface area (Å²) in [6.07, 6.45) is 1.83. The van der Waals surface area contributed by atoms with Gasteiger partial charge in [0.2, 0.25) is 10.0 Å². The Bertz CT molecular complexity index is 620. The molecule has 1 aliphatic heterocycles. The zero-order chi connectivity index (χ0) is 16.2. The number of thiophene rings is 1. The van der Waals surface area contributed by atoms with Crippen molar-refractivity contribution in [2.24, 2.45) is 0 Å². The minimum Gasteiger partial charge on any atom is -0.465 e. The Hall–Kier alpha value is -1.00. The minimum atomic E-state index is -3.66. The van der Waals surface area contributed by atoms with Gasteiger partial charge in [-0.25, -0.2) is 17.9 Å². The third-order valence-corrected chi connectivity index (χ3v) is 6.46. The number of methoxy groups -OCH3 is 2. The summed E-state index contributed by atoms with van der Waals surface area (Å²) in [5.74, 6) is -0.550. The average molecular weight is 348 g/mol. The van der Waals surface area contributed by atoms with Gasteiger partial charge in [-0.2, -0.15) is 0 Å². The lowest BCUT2D eigenvalue weighted by atomic mass is 9.99. The van der Waals surface area contributed by atoms with Gasteiger partial charge in [-0.3, -0.25) is 0 Å². The molecule has 1 saturated heterocycles. The number of rotatable bonds is 7. The highest BCUT2D eigenvalue weighted by molar-refractivity contribution is 7.91. The molecule has 9 heteroatoms. The standard InChI is InChI=1S/C13H20N2O5S2/c1-19-9-13(4-3-5-14-13)8-15-22(17,18)11-6-10(7-21-11)12(16)20-2/h6-7,14-15H,3-5,8-9H2,1-2H3. The SMILES string of the molecule is COCC1(CNS(=O)(=O)c2cc(C(=O)OC)cs2)CCCN1. The van der Waals surface area contributed by atoms with Crippen LogP contribution in [0.4, 0.5) is 0 Å². The number of carbonyl (C=O) groups excluding carboxylic acids is 1. The van der Waals surface area contributed by atoms with Gasteiger partial charge in [0.15, 0.2) is 0 Å². The molecule has 2 heterocycles. The zero-order valence-electron chi connectivity index (χ0n) is 12.5. The quantitative estimate of drug-likeness (QED) is 0.700. The number of ether oxygens (including phenoxy) is 2. The van der Waals surface area contributed by atoms with E-state index in [1.54, 1.807) is 7.11 Å². The molecule has 22 heavy (non-hydrogen) atoms. The van der Waals surface area contributed by atoms with Gasteiger partial charge in [-0.15, -0.1) is 11.3 Å². The summed E-state index contributed by atoms with van der Waals surface area (Å²) in [6, 6.07) is 1.32. The van der Waals surface area contributed by atoms with Crippen LogP contribution in [0.5, 0.6) is 0 Å². The number of hydrogen-bond donors (Lipinski definition) is 2. The molecule has 0 amide bonds. The second kappa shape index (κ2) is 7.05. The molecule has 0 bridgehead atoms. The lowest BCUT2D eigenvalue weighted by Gasteiger charge is -2.28. The maximum absolute atomic E-state index is 12.3. The van der Waals surface area contributed by atoms with Crippen LogP contribution in [0.2, 0.25) is 0 Å². The maximum atomic E-state index is 12.3. The molecule has 1 aromatic heterocycles. The maximum Gasteiger partial charge on any atom is 0.338 e. The van der Waals surface area contributed by atoms with E-state index in [-0.39, 0.29) is 21.9 Å². The third-order valence-electron chi connectivity index (χ3n) is 3.61. The Balaban J connectivity index is 2.07. The molecule has 0 aliphatic carbocycles. The summed E-state index contributed by atoms with van der Waals surface area (Å²) in [5, 5.41) is 4.78. The topological polar surface area (TPSA) is 93.7 Å². The predicted molar refractivity (Wildman–Crippen MR) is 82.7 cm³/mol. The van der Waals surface area contributed by atoms with Crippen LogP contribution in [0.3, 0.4) is 0 Å². The van der Waals surface area contributed by atoms with E-state index in [0.29, 0.717) is 6.61 Å². The molecule has 2 N–H and O–H groups in total. The number of esters is 1. The van der Waals surface area contributed by atoms with Crippen LogP contribution >= 0.6 is 11.3 Å². The molecule has 1 aromatic rings. The molecule has 0 radical (unpaired) electrons. The van der Waals surface area contributed by atoms with Gasteiger partial charge in [0.25, 0.3) is 0 Å². The van der Waals surface area contributed by atoms with Crippen LogP contribution in [0.1, 0.15) is 23.2 Å². The lowest BCUT2D eigenvalue weighted by molar-refractivity contribution is 0.0601. The van der Waals surface area contributed by atoms with Gasteiger partial charge in [0.1, 0.15) is 4.21 Å². The summed E-state index contributed by atoms with van der Waals surface area (Å²) in [6.45, 7) is 1.53. The van der Waals surface area contributed by atoms with Gasteiger partial charge >= 0.3 is 5.97 Å². The van der Waals surface area contributed by atoms with Crippen molar-refractivity contribution in [3.05, 3.63) is 17.0 Å². The molecule has 1 fully saturated rings. The molecule has 124 valence electrons. The van der Waals surface area contributed by atoms with Crippen LogP contribution in [0.25, 0.3) is 0 Å². The van der Waals surface area contributed by atoms with Crippen LogP contribution in [-0.4, -0.2) is 53.8 Å². The Morgan fingerprint density at radius 1 is 1.50 bits per heavy atom. The first kappa shape index (κ1) is 17.4. The fourth-order valence-corrected chi connectivity index (χ4v) is 4.78. The molecule has 0 spiro atoms. The molecule has 0 aromatic carbocycles. The normalized spacial score (nSPS) is 21.9. The number of carbonyl (C=O) groups is 1. The molecule has 0 saturated carbocycles. The Morgan fingerprint density at radius 2 is 2.27 bits per heavy atom. The zero-order valence-corrected chi connectivity index (χ0v) is 14.2. The lowest BCUT2D eigenvalue weighted by Crippen LogP contribution is -2.52. The van der Waals surface area contributed by atoms with E-state index in [4.69, 9.17) is 4.74 Å². The Labute approximate surface area is 134 Å². The first-order valence-corrected chi connectivity index (χ1v) is 9.19. The summed E-state index contributed by atoms with van der Waals surface area (Å²) >= 11 is 0.992. The van der Waals surface area contributed by atoms with Gasteiger partial charge < -0.3 is 14.8 Å². The van der Waals surface area contributed by atoms with Crippen molar-refractivity contribution in [3.8, 4) is 0 Å². The molecule has 2 rings (SSSR count). The number of nitrogens with one attached hydrogen (secondary N) is 2. The highest BCUT2D eigenvalue weighted by atomic mass is 32.2. The van der Waals surface area contributed by atoms with Crippen molar-refractivity contribution in [3.63, 3.8) is 0 Å². The van der Waals surface area contributed by atoms with Crippen LogP contribution in [-0.2, 0) is 19.5 Å². The molecule has 1 atom stereocenters. The van der Waals surface area contributed by atoms with Gasteiger partial charge in [0.05, 0.1) is 24.8 Å². The summed E-state index contributed by atoms with van der Waals surface area (Å²) in [5.41, 5.74) is -0.136. The molecular formula is C13H20N2O5S2. The van der Waals surface area contributed by atoms with Crippen molar-refractivity contribution in [1.29, 1.82) is 0 Å². The predicted octanol–water partition coefficient (Wildman–Crippen LogP) is 0.582. The van der Waals surface area contributed by atoms with Crippen molar-refractivity contribution in [2.75, 3.05) is 33.9 Å². The van der Waals surface area contributed by atoms with Gasteiger partial charge in [-0.1, -0.05) is 0 Å². The molecule has 1 unspecified atom stereocenters. The first-order chi connectivity index (χ1) is 10.4. The van der Waals surface area contributed by atoms with Crippen LogP contribution in [0.15, 0.2) is 15.7 Å².